The van der Waals surface area contributed by atoms with Crippen molar-refractivity contribution in [2.24, 2.45) is 7.05 Å². The van der Waals surface area contributed by atoms with Crippen molar-refractivity contribution in [2.75, 3.05) is 27.0 Å². The van der Waals surface area contributed by atoms with Crippen LogP contribution in [0.4, 0.5) is 0 Å². The number of ether oxygens (including phenoxy) is 1. The Bertz CT molecular complexity index is 802. The average molecular weight is 270 g/mol. The van der Waals surface area contributed by atoms with Crippen molar-refractivity contribution < 1.29 is 23.3 Å². The number of hydrogen-bond donors (Lipinski definition) is 1. The van der Waals surface area contributed by atoms with Gasteiger partial charge in [-0.15, -0.1) is 0 Å². The fraction of sp³-hybridized carbons (Fsp3) is 0.400. The van der Waals surface area contributed by atoms with Gasteiger partial charge in [0.25, 0.3) is 0 Å². The molecule has 1 atom stereocenters. The molecule has 0 aliphatic carbocycles. The topological polar surface area (TPSA) is 31.5 Å². The van der Waals surface area contributed by atoms with Gasteiger partial charge >= 0.3 is 0 Å². The first-order chi connectivity index (χ1) is 13.1. The molecule has 1 N–H and O–H groups in total. The molecular formula is C15H22N3O+. The molecule has 1 heterocycles. The minimum Gasteiger partial charge on any atom is -0.361 e. The van der Waals surface area contributed by atoms with Crippen LogP contribution >= 0.6 is 0 Å². The fourth-order valence-corrected chi connectivity index (χ4v) is 1.71. The van der Waals surface area contributed by atoms with Gasteiger partial charge in [0.15, 0.2) is 0 Å². The van der Waals surface area contributed by atoms with Crippen molar-refractivity contribution >= 4 is 0 Å². The minimum absolute atomic E-state index is 0.375. The molecule has 4 heteroatoms. The smallest absolute Gasteiger partial charge is 0.124 e. The summed E-state index contributed by atoms with van der Waals surface area (Å²) in [4.78, 5) is -1.53. The summed E-state index contributed by atoms with van der Waals surface area (Å²) in [7, 11) is 1.58. The molecule has 0 aliphatic rings. The van der Waals surface area contributed by atoms with E-state index >= 15 is 0 Å². The maximum atomic E-state index is 8.19. The molecule has 0 saturated heterocycles. The van der Waals surface area contributed by atoms with Crippen molar-refractivity contribution in [3.05, 3.63) is 53.9 Å². The summed E-state index contributed by atoms with van der Waals surface area (Å²) in [5.74, 6) is 0. The van der Waals surface area contributed by atoms with Crippen LogP contribution in [0.15, 0.2) is 42.6 Å². The third-order valence-corrected chi connectivity index (χ3v) is 2.58. The largest absolute Gasteiger partial charge is 0.361 e. The summed E-state index contributed by atoms with van der Waals surface area (Å²) in [6, 6.07) is 9.88. The lowest BCUT2D eigenvalue weighted by molar-refractivity contribution is -0.858. The van der Waals surface area contributed by atoms with Crippen LogP contribution in [-0.4, -0.2) is 36.8 Å². The van der Waals surface area contributed by atoms with Crippen LogP contribution in [0.3, 0.4) is 0 Å². The molecule has 0 fully saturated rings. The first-order valence-electron chi connectivity index (χ1n) is 10.7. The fourth-order valence-electron chi connectivity index (χ4n) is 1.71. The van der Waals surface area contributed by atoms with Gasteiger partial charge in [0.1, 0.15) is 12.6 Å². The molecular weight excluding hydrogens is 238 g/mol. The van der Waals surface area contributed by atoms with Crippen LogP contribution in [0.25, 0.3) is 0 Å². The van der Waals surface area contributed by atoms with Gasteiger partial charge in [-0.1, -0.05) is 30.3 Å². The number of nitrogens with one attached hydrogen (secondary N) is 1. The molecule has 102 valence electrons. The number of likely N-dealkylation sites (N-methyl/N-ethyl adjacent to an activating group) is 1. The van der Waals surface area contributed by atoms with E-state index in [0.717, 1.165) is 0 Å². The molecule has 0 amide bonds. The monoisotopic (exact) mass is 270 g/mol. The highest BCUT2D eigenvalue weighted by molar-refractivity contribution is 5.25. The number of quaternary nitrogens is 1. The van der Waals surface area contributed by atoms with Crippen molar-refractivity contribution in [1.29, 1.82) is 0 Å². The number of aryl methyl sites for hydroxylation is 1. The van der Waals surface area contributed by atoms with Gasteiger partial charge in [-0.2, -0.15) is 5.10 Å². The first-order valence-corrected chi connectivity index (χ1v) is 5.68. The molecule has 0 spiro atoms. The molecule has 0 saturated carbocycles. The summed E-state index contributed by atoms with van der Waals surface area (Å²) >= 11 is 0. The van der Waals surface area contributed by atoms with E-state index in [1.807, 2.05) is 0 Å². The predicted octanol–water partition coefficient (Wildman–Crippen LogP) is 0.671. The second-order valence-electron chi connectivity index (χ2n) is 3.89. The molecule has 0 radical (unpaired) electrons. The molecule has 1 aromatic heterocycles. The van der Waals surface area contributed by atoms with E-state index < -0.39 is 38.0 Å². The second-order valence-corrected chi connectivity index (χ2v) is 3.89. The number of hydrogen-bond acceptors (Lipinski definition) is 2. The number of aromatic nitrogens is 2. The predicted molar refractivity (Wildman–Crippen MR) is 75.1 cm³/mol. The van der Waals surface area contributed by atoms with Gasteiger partial charge in [-0.25, -0.2) is 0 Å². The lowest BCUT2D eigenvalue weighted by atomic mass is 10.1. The molecule has 1 aromatic carbocycles. The van der Waals surface area contributed by atoms with Gasteiger partial charge in [-0.05, 0) is 11.6 Å². The van der Waals surface area contributed by atoms with Crippen molar-refractivity contribution in [1.82, 2.24) is 9.78 Å². The summed E-state index contributed by atoms with van der Waals surface area (Å²) < 4.78 is 84.2. The Morgan fingerprint density at radius 3 is 2.79 bits per heavy atom. The van der Waals surface area contributed by atoms with E-state index in [1.165, 1.54) is 10.9 Å². The van der Waals surface area contributed by atoms with Gasteiger partial charge in [0.05, 0.1) is 39.9 Å². The normalized spacial score (nSPS) is 23.5. The molecule has 2 rings (SSSR count). The van der Waals surface area contributed by atoms with E-state index in [9.17, 15) is 0 Å². The Balaban J connectivity index is 2.52. The van der Waals surface area contributed by atoms with E-state index in [-0.39, 0.29) is 0 Å². The lowest BCUT2D eigenvalue weighted by Crippen LogP contribution is -3.06. The van der Waals surface area contributed by atoms with Crippen LogP contribution in [0.5, 0.6) is 0 Å². The summed E-state index contributed by atoms with van der Waals surface area (Å²) in [6.45, 7) is -13.5. The SMILES string of the molecule is [2H]C([2H])([2H])[NH+](C([2H])([2H])[2H])C([2H])([2H])C([2H])([2H])OC(c1ccccc1)c1ccnn1C. The Morgan fingerprint density at radius 1 is 1.37 bits per heavy atom. The highest BCUT2D eigenvalue weighted by Crippen LogP contribution is 2.24. The van der Waals surface area contributed by atoms with Crippen LogP contribution in [0.2, 0.25) is 0 Å². The molecule has 0 aliphatic heterocycles. The minimum atomic E-state index is -3.45. The zero-order valence-electron chi connectivity index (χ0n) is 20.4. The molecule has 19 heavy (non-hydrogen) atoms. The summed E-state index contributed by atoms with van der Waals surface area (Å²) in [5, 5.41) is 4.00. The van der Waals surface area contributed by atoms with Crippen molar-refractivity contribution in [3.8, 4) is 0 Å². The van der Waals surface area contributed by atoms with E-state index in [4.69, 9.17) is 18.4 Å². The number of nitrogens with zero attached hydrogens (tertiary/aromatic N) is 2. The highest BCUT2D eigenvalue weighted by atomic mass is 16.5. The average Bonchev–Trinajstić information content (AvgIpc) is 2.96. The van der Waals surface area contributed by atoms with E-state index in [2.05, 4.69) is 5.10 Å². The first kappa shape index (κ1) is 5.77. The van der Waals surface area contributed by atoms with Crippen molar-refractivity contribution in [3.63, 3.8) is 0 Å². The zero-order valence-corrected chi connectivity index (χ0v) is 10.4. The third-order valence-electron chi connectivity index (χ3n) is 2.58. The Hall–Kier alpha value is -1.65. The van der Waals surface area contributed by atoms with Crippen LogP contribution < -0.4 is 4.90 Å². The van der Waals surface area contributed by atoms with Gasteiger partial charge in [0.2, 0.25) is 0 Å². The van der Waals surface area contributed by atoms with Gasteiger partial charge < -0.3 is 9.64 Å². The maximum absolute atomic E-state index is 8.19. The third kappa shape index (κ3) is 3.66. The molecule has 4 nitrogen and oxygen atoms in total. The summed E-state index contributed by atoms with van der Waals surface area (Å²) in [6.07, 6.45) is 0.282. The Kier molecular flexibility index (Phi) is 1.97. The highest BCUT2D eigenvalue weighted by Gasteiger charge is 2.18. The van der Waals surface area contributed by atoms with E-state index in [0.29, 0.717) is 11.3 Å². The zero-order chi connectivity index (χ0) is 22.3. The quantitative estimate of drug-likeness (QED) is 0.836. The second kappa shape index (κ2) is 6.50. The van der Waals surface area contributed by atoms with E-state index in [1.54, 1.807) is 43.4 Å². The lowest BCUT2D eigenvalue weighted by Gasteiger charge is -2.19. The number of benzene rings is 1. The molecule has 0 bridgehead atoms. The Morgan fingerprint density at radius 2 is 2.16 bits per heavy atom. The molecule has 1 unspecified atom stereocenters. The standard InChI is InChI=1S/C15H21N3O/c1-17(2)11-12-19-15(13-7-5-4-6-8-13)14-9-10-16-18(14)3/h4-10,15H,11-12H2,1-3H3/p+1/i1D3,2D3,11D2,12D2. The van der Waals surface area contributed by atoms with Gasteiger partial charge in [-0.3, -0.25) is 4.68 Å². The van der Waals surface area contributed by atoms with Gasteiger partial charge in [0, 0.05) is 13.2 Å². The summed E-state index contributed by atoms with van der Waals surface area (Å²) in [5.41, 5.74) is 0.834. The van der Waals surface area contributed by atoms with Crippen LogP contribution in [-0.2, 0) is 11.8 Å². The number of rotatable bonds is 6. The Labute approximate surface area is 128 Å². The van der Waals surface area contributed by atoms with Crippen molar-refractivity contribution in [2.45, 2.75) is 6.10 Å². The maximum Gasteiger partial charge on any atom is 0.124 e. The van der Waals surface area contributed by atoms with Crippen LogP contribution in [0, 0.1) is 0 Å². The molecule has 2 aromatic rings. The van der Waals surface area contributed by atoms with Crippen LogP contribution in [0.1, 0.15) is 31.1 Å².